The summed E-state index contributed by atoms with van der Waals surface area (Å²) in [6.07, 6.45) is 5.58. The van der Waals surface area contributed by atoms with Crippen LogP contribution in [-0.4, -0.2) is 51.5 Å². The van der Waals surface area contributed by atoms with Crippen molar-refractivity contribution in [2.45, 2.75) is 37.7 Å². The van der Waals surface area contributed by atoms with Crippen molar-refractivity contribution in [3.05, 3.63) is 29.3 Å². The number of nitrogens with zero attached hydrogens (tertiary/aromatic N) is 1. The first kappa shape index (κ1) is 16.4. The number of piperidine rings is 1. The maximum Gasteiger partial charge on any atom is 0.125 e. The molecule has 2 saturated heterocycles. The third kappa shape index (κ3) is 3.07. The standard InChI is InChI=1S/C20H29NO3/c1-22-18-4-2-3-17-7-14-24-20(19(17)18)8-10-21(11-9-20)15-16-5-12-23-13-6-16/h2-4,16H,5-15H2,1H3. The highest BCUT2D eigenvalue weighted by atomic mass is 16.5. The molecule has 0 amide bonds. The molecule has 3 heterocycles. The Morgan fingerprint density at radius 1 is 1.17 bits per heavy atom. The van der Waals surface area contributed by atoms with E-state index in [9.17, 15) is 0 Å². The van der Waals surface area contributed by atoms with E-state index in [-0.39, 0.29) is 5.60 Å². The van der Waals surface area contributed by atoms with Gasteiger partial charge in [-0.15, -0.1) is 0 Å². The summed E-state index contributed by atoms with van der Waals surface area (Å²) in [6, 6.07) is 6.44. The van der Waals surface area contributed by atoms with Crippen molar-refractivity contribution >= 4 is 0 Å². The zero-order valence-corrected chi connectivity index (χ0v) is 14.8. The maximum absolute atomic E-state index is 6.39. The Labute approximate surface area is 145 Å². The predicted octanol–water partition coefficient (Wildman–Crippen LogP) is 2.99. The van der Waals surface area contributed by atoms with Crippen molar-refractivity contribution in [2.24, 2.45) is 5.92 Å². The summed E-state index contributed by atoms with van der Waals surface area (Å²) in [7, 11) is 1.78. The van der Waals surface area contributed by atoms with Gasteiger partial charge in [0.05, 0.1) is 19.3 Å². The van der Waals surface area contributed by atoms with Crippen LogP contribution in [0.25, 0.3) is 0 Å². The Kier molecular flexibility index (Phi) is 4.79. The molecular formula is C20H29NO3. The van der Waals surface area contributed by atoms with E-state index in [1.54, 1.807) is 7.11 Å². The van der Waals surface area contributed by atoms with Crippen LogP contribution in [0.4, 0.5) is 0 Å². The summed E-state index contributed by atoms with van der Waals surface area (Å²) < 4.78 is 17.6. The molecule has 1 aromatic carbocycles. The van der Waals surface area contributed by atoms with Gasteiger partial charge in [0.2, 0.25) is 0 Å². The molecule has 0 atom stereocenters. The molecule has 2 fully saturated rings. The summed E-state index contributed by atoms with van der Waals surface area (Å²) in [5.41, 5.74) is 2.61. The van der Waals surface area contributed by atoms with Gasteiger partial charge in [0, 0.05) is 38.4 Å². The van der Waals surface area contributed by atoms with Crippen molar-refractivity contribution in [3.63, 3.8) is 0 Å². The molecule has 1 spiro atoms. The fraction of sp³-hybridized carbons (Fsp3) is 0.700. The van der Waals surface area contributed by atoms with E-state index in [1.807, 2.05) is 0 Å². The number of rotatable bonds is 3. The number of hydrogen-bond acceptors (Lipinski definition) is 4. The first-order chi connectivity index (χ1) is 11.8. The summed E-state index contributed by atoms with van der Waals surface area (Å²) in [5, 5.41) is 0. The highest BCUT2D eigenvalue weighted by Gasteiger charge is 2.43. The van der Waals surface area contributed by atoms with Gasteiger partial charge in [-0.2, -0.15) is 0 Å². The normalized spacial score (nSPS) is 24.7. The number of likely N-dealkylation sites (tertiary alicyclic amines) is 1. The van der Waals surface area contributed by atoms with E-state index >= 15 is 0 Å². The van der Waals surface area contributed by atoms with E-state index in [2.05, 4.69) is 23.1 Å². The molecule has 4 nitrogen and oxygen atoms in total. The van der Waals surface area contributed by atoms with Crippen LogP contribution in [-0.2, 0) is 21.5 Å². The molecule has 3 aliphatic heterocycles. The Morgan fingerprint density at radius 3 is 2.71 bits per heavy atom. The first-order valence-electron chi connectivity index (χ1n) is 9.41. The Balaban J connectivity index is 1.47. The Hall–Kier alpha value is -1.10. The lowest BCUT2D eigenvalue weighted by Crippen LogP contribution is -2.48. The average Bonchev–Trinajstić information content (AvgIpc) is 2.64. The zero-order valence-electron chi connectivity index (χ0n) is 14.8. The molecule has 4 rings (SSSR count). The van der Waals surface area contributed by atoms with Crippen LogP contribution in [0.3, 0.4) is 0 Å². The van der Waals surface area contributed by atoms with E-state index in [4.69, 9.17) is 14.2 Å². The molecule has 0 N–H and O–H groups in total. The van der Waals surface area contributed by atoms with E-state index < -0.39 is 0 Å². The number of fused-ring (bicyclic) bond motifs is 2. The molecule has 0 saturated carbocycles. The van der Waals surface area contributed by atoms with Crippen LogP contribution in [0.5, 0.6) is 5.75 Å². The highest BCUT2D eigenvalue weighted by molar-refractivity contribution is 5.46. The molecular weight excluding hydrogens is 302 g/mol. The number of hydrogen-bond donors (Lipinski definition) is 0. The van der Waals surface area contributed by atoms with Crippen LogP contribution in [0.15, 0.2) is 18.2 Å². The number of methoxy groups -OCH3 is 1. The monoisotopic (exact) mass is 331 g/mol. The Morgan fingerprint density at radius 2 is 1.96 bits per heavy atom. The van der Waals surface area contributed by atoms with Crippen LogP contribution >= 0.6 is 0 Å². The van der Waals surface area contributed by atoms with Crippen LogP contribution < -0.4 is 4.74 Å². The minimum Gasteiger partial charge on any atom is -0.496 e. The second-order valence-corrected chi connectivity index (χ2v) is 7.44. The molecule has 0 unspecified atom stereocenters. The summed E-state index contributed by atoms with van der Waals surface area (Å²) >= 11 is 0. The molecule has 0 aromatic heterocycles. The van der Waals surface area contributed by atoms with E-state index in [0.717, 1.165) is 63.8 Å². The van der Waals surface area contributed by atoms with Gasteiger partial charge >= 0.3 is 0 Å². The molecule has 4 heteroatoms. The van der Waals surface area contributed by atoms with E-state index in [0.29, 0.717) is 0 Å². The minimum atomic E-state index is -0.133. The number of ether oxygens (including phenoxy) is 3. The van der Waals surface area contributed by atoms with E-state index in [1.165, 1.54) is 30.5 Å². The lowest BCUT2D eigenvalue weighted by molar-refractivity contribution is -0.101. The van der Waals surface area contributed by atoms with Gasteiger partial charge in [0.25, 0.3) is 0 Å². The fourth-order valence-electron chi connectivity index (χ4n) is 4.69. The first-order valence-corrected chi connectivity index (χ1v) is 9.41. The average molecular weight is 331 g/mol. The largest absolute Gasteiger partial charge is 0.496 e. The third-order valence-electron chi connectivity index (χ3n) is 6.06. The third-order valence-corrected chi connectivity index (χ3v) is 6.06. The quantitative estimate of drug-likeness (QED) is 0.852. The van der Waals surface area contributed by atoms with Gasteiger partial charge in [-0.1, -0.05) is 12.1 Å². The maximum atomic E-state index is 6.39. The summed E-state index contributed by atoms with van der Waals surface area (Å²) in [4.78, 5) is 2.63. The van der Waals surface area contributed by atoms with Crippen LogP contribution in [0.1, 0.15) is 36.8 Å². The van der Waals surface area contributed by atoms with Crippen molar-refractivity contribution in [2.75, 3.05) is 46.6 Å². The fourth-order valence-corrected chi connectivity index (χ4v) is 4.69. The van der Waals surface area contributed by atoms with Gasteiger partial charge in [-0.05, 0) is 49.7 Å². The molecule has 0 aliphatic carbocycles. The number of benzene rings is 1. The van der Waals surface area contributed by atoms with Crippen LogP contribution in [0.2, 0.25) is 0 Å². The van der Waals surface area contributed by atoms with Crippen molar-refractivity contribution in [1.82, 2.24) is 4.90 Å². The summed E-state index contributed by atoms with van der Waals surface area (Å²) in [5.74, 6) is 1.81. The van der Waals surface area contributed by atoms with Crippen molar-refractivity contribution in [3.8, 4) is 5.75 Å². The molecule has 24 heavy (non-hydrogen) atoms. The Bertz CT molecular complexity index is 546. The molecule has 132 valence electrons. The second-order valence-electron chi connectivity index (χ2n) is 7.44. The lowest BCUT2D eigenvalue weighted by atomic mass is 9.78. The van der Waals surface area contributed by atoms with Gasteiger partial charge in [0.1, 0.15) is 5.75 Å². The molecule has 1 aromatic rings. The van der Waals surface area contributed by atoms with Gasteiger partial charge in [-0.25, -0.2) is 0 Å². The zero-order chi connectivity index (χ0) is 16.4. The molecule has 0 bridgehead atoms. The van der Waals surface area contributed by atoms with Gasteiger partial charge in [-0.3, -0.25) is 0 Å². The second kappa shape index (κ2) is 7.03. The predicted molar refractivity (Wildman–Crippen MR) is 93.5 cm³/mol. The summed E-state index contributed by atoms with van der Waals surface area (Å²) in [6.45, 7) is 6.17. The SMILES string of the molecule is COc1cccc2c1C1(CCN(CC3CCOCC3)CC1)OCC2. The highest BCUT2D eigenvalue weighted by Crippen LogP contribution is 2.45. The van der Waals surface area contributed by atoms with Gasteiger partial charge < -0.3 is 19.1 Å². The molecule has 3 aliphatic rings. The van der Waals surface area contributed by atoms with Crippen molar-refractivity contribution < 1.29 is 14.2 Å². The smallest absolute Gasteiger partial charge is 0.125 e. The lowest BCUT2D eigenvalue weighted by Gasteiger charge is -2.46. The van der Waals surface area contributed by atoms with Gasteiger partial charge in [0.15, 0.2) is 0 Å². The molecule has 0 radical (unpaired) electrons. The van der Waals surface area contributed by atoms with Crippen molar-refractivity contribution in [1.29, 1.82) is 0 Å². The van der Waals surface area contributed by atoms with Crippen LogP contribution in [0, 0.1) is 5.92 Å². The topological polar surface area (TPSA) is 30.9 Å². The minimum absolute atomic E-state index is 0.133.